The van der Waals surface area contributed by atoms with E-state index in [1.165, 1.54) is 4.90 Å². The van der Waals surface area contributed by atoms with E-state index in [-0.39, 0.29) is 35.2 Å². The van der Waals surface area contributed by atoms with Crippen LogP contribution in [0.5, 0.6) is 0 Å². The Morgan fingerprint density at radius 2 is 1.68 bits per heavy atom. The Kier molecular flexibility index (Phi) is 6.90. The van der Waals surface area contributed by atoms with Crippen LogP contribution in [0.1, 0.15) is 46.2 Å². The minimum atomic E-state index is -0.311. The smallest absolute Gasteiger partial charge is 0.0500 e. The van der Waals surface area contributed by atoms with Crippen molar-refractivity contribution in [1.29, 1.82) is 0 Å². The molecule has 0 radical (unpaired) electrons. The molecule has 0 amide bonds. The highest BCUT2D eigenvalue weighted by atomic mass is 35.5. The monoisotopic (exact) mass is 303 g/mol. The van der Waals surface area contributed by atoms with Crippen LogP contribution in [-0.4, -0.2) is 16.5 Å². The van der Waals surface area contributed by atoms with Gasteiger partial charge in [-0.05, 0) is 11.6 Å². The van der Waals surface area contributed by atoms with E-state index in [1.807, 2.05) is 37.7 Å². The van der Waals surface area contributed by atoms with Crippen LogP contribution in [0.2, 0.25) is 0 Å². The van der Waals surface area contributed by atoms with Gasteiger partial charge in [-0.2, -0.15) is 0 Å². The van der Waals surface area contributed by atoms with E-state index >= 15 is 0 Å². The summed E-state index contributed by atoms with van der Waals surface area (Å²) >= 11 is 1.82. The van der Waals surface area contributed by atoms with Gasteiger partial charge in [-0.3, -0.25) is 0 Å². The number of aliphatic hydroxyl groups is 1. The molecule has 0 aliphatic heterocycles. The molecule has 19 heavy (non-hydrogen) atoms. The van der Waals surface area contributed by atoms with E-state index in [1.54, 1.807) is 0 Å². The van der Waals surface area contributed by atoms with Gasteiger partial charge >= 0.3 is 0 Å². The van der Waals surface area contributed by atoms with Gasteiger partial charge in [-0.25, -0.2) is 0 Å². The van der Waals surface area contributed by atoms with Gasteiger partial charge < -0.3 is 10.8 Å². The molecular weight excluding hydrogens is 278 g/mol. The molecular formula is C15H26ClNOS. The Morgan fingerprint density at radius 1 is 1.16 bits per heavy atom. The number of nitrogens with two attached hydrogens (primary N) is 1. The number of rotatable bonds is 4. The van der Waals surface area contributed by atoms with Crippen LogP contribution < -0.4 is 5.73 Å². The number of hydrogen-bond donors (Lipinski definition) is 2. The molecule has 1 rings (SSSR count). The van der Waals surface area contributed by atoms with E-state index in [9.17, 15) is 5.11 Å². The fourth-order valence-corrected chi connectivity index (χ4v) is 2.80. The maximum absolute atomic E-state index is 9.46. The molecule has 0 spiro atoms. The molecule has 1 atom stereocenters. The number of hydrogen-bond acceptors (Lipinski definition) is 3. The molecule has 4 heteroatoms. The Labute approximate surface area is 127 Å². The minimum Gasteiger partial charge on any atom is -0.396 e. The maximum atomic E-state index is 9.46. The van der Waals surface area contributed by atoms with E-state index in [0.717, 1.165) is 5.56 Å². The van der Waals surface area contributed by atoms with Crippen LogP contribution in [0.15, 0.2) is 29.2 Å². The first-order chi connectivity index (χ1) is 8.17. The zero-order valence-electron chi connectivity index (χ0n) is 12.4. The van der Waals surface area contributed by atoms with E-state index in [0.29, 0.717) is 0 Å². The molecule has 3 N–H and O–H groups in total. The molecule has 2 nitrogen and oxygen atoms in total. The normalized spacial score (nSPS) is 13.8. The molecule has 1 aromatic rings. The second-order valence-electron chi connectivity index (χ2n) is 6.38. The number of thioether (sulfide) groups is 1. The molecule has 0 unspecified atom stereocenters. The van der Waals surface area contributed by atoms with Gasteiger partial charge in [-0.15, -0.1) is 24.2 Å². The van der Waals surface area contributed by atoms with Crippen molar-refractivity contribution in [2.24, 2.45) is 11.1 Å². The summed E-state index contributed by atoms with van der Waals surface area (Å²) < 4.78 is 0.152. The van der Waals surface area contributed by atoms with Gasteiger partial charge in [0.15, 0.2) is 0 Å². The molecule has 0 saturated heterocycles. The van der Waals surface area contributed by atoms with Gasteiger partial charge in [-0.1, -0.05) is 52.8 Å². The highest BCUT2D eigenvalue weighted by Crippen LogP contribution is 2.40. The van der Waals surface area contributed by atoms with Crippen LogP contribution in [0.4, 0.5) is 0 Å². The summed E-state index contributed by atoms with van der Waals surface area (Å²) in [5.74, 6) is 0. The Balaban J connectivity index is 0.00000324. The Morgan fingerprint density at radius 3 is 2.16 bits per heavy atom. The highest BCUT2D eigenvalue weighted by molar-refractivity contribution is 8.00. The van der Waals surface area contributed by atoms with Crippen molar-refractivity contribution in [2.75, 3.05) is 6.61 Å². The summed E-state index contributed by atoms with van der Waals surface area (Å²) in [4.78, 5) is 1.21. The summed E-state index contributed by atoms with van der Waals surface area (Å²) in [7, 11) is 0. The average Bonchev–Trinajstić information content (AvgIpc) is 2.26. The predicted octanol–water partition coefficient (Wildman–Crippen LogP) is 4.02. The van der Waals surface area contributed by atoms with E-state index < -0.39 is 0 Å². The van der Waals surface area contributed by atoms with Crippen LogP contribution in [-0.2, 0) is 0 Å². The Bertz CT molecular complexity index is 401. The van der Waals surface area contributed by atoms with Crippen molar-refractivity contribution in [1.82, 2.24) is 0 Å². The van der Waals surface area contributed by atoms with Crippen molar-refractivity contribution in [3.8, 4) is 0 Å². The molecule has 0 aliphatic rings. The first kappa shape index (κ1) is 18.8. The molecule has 0 bridgehead atoms. The maximum Gasteiger partial charge on any atom is 0.0500 e. The van der Waals surface area contributed by atoms with Gasteiger partial charge in [0.1, 0.15) is 0 Å². The molecule has 0 aliphatic carbocycles. The lowest BCUT2D eigenvalue weighted by Crippen LogP contribution is -2.32. The molecule has 0 aromatic heterocycles. The van der Waals surface area contributed by atoms with Gasteiger partial charge in [0, 0.05) is 27.7 Å². The standard InChI is InChI=1S/C15H25NOS.ClH/c1-14(2,3)18-12-9-7-6-8-11(12)13(16)15(4,5)10-17;/h6-9,13,17H,10,16H2,1-5H3;1H/t13-;/m1./s1. The summed E-state index contributed by atoms with van der Waals surface area (Å²) in [6.45, 7) is 10.7. The third-order valence-corrected chi connectivity index (χ3v) is 4.12. The fourth-order valence-electron chi connectivity index (χ4n) is 1.68. The highest BCUT2D eigenvalue weighted by Gasteiger charge is 2.29. The lowest BCUT2D eigenvalue weighted by Gasteiger charge is -2.32. The second kappa shape index (κ2) is 6.98. The lowest BCUT2D eigenvalue weighted by atomic mass is 9.82. The van der Waals surface area contributed by atoms with E-state index in [2.05, 4.69) is 32.9 Å². The quantitative estimate of drug-likeness (QED) is 0.826. The van der Waals surface area contributed by atoms with Gasteiger partial charge in [0.2, 0.25) is 0 Å². The first-order valence-electron chi connectivity index (χ1n) is 6.32. The molecule has 0 fully saturated rings. The molecule has 0 heterocycles. The molecule has 1 aromatic carbocycles. The topological polar surface area (TPSA) is 46.2 Å². The van der Waals surface area contributed by atoms with Crippen LogP contribution in [0.3, 0.4) is 0 Å². The van der Waals surface area contributed by atoms with Crippen molar-refractivity contribution >= 4 is 24.2 Å². The third-order valence-electron chi connectivity index (χ3n) is 2.92. The number of benzene rings is 1. The van der Waals surface area contributed by atoms with Crippen LogP contribution in [0.25, 0.3) is 0 Å². The van der Waals surface area contributed by atoms with Crippen LogP contribution >= 0.6 is 24.2 Å². The number of halogens is 1. The molecule has 0 saturated carbocycles. The predicted molar refractivity (Wildman–Crippen MR) is 87.1 cm³/mol. The van der Waals surface area contributed by atoms with Gasteiger partial charge in [0.25, 0.3) is 0 Å². The summed E-state index contributed by atoms with van der Waals surface area (Å²) in [5, 5.41) is 9.46. The zero-order valence-corrected chi connectivity index (χ0v) is 14.1. The number of aliphatic hydroxyl groups excluding tert-OH is 1. The third kappa shape index (κ3) is 5.35. The van der Waals surface area contributed by atoms with Gasteiger partial charge in [0.05, 0.1) is 0 Å². The van der Waals surface area contributed by atoms with Crippen LogP contribution in [0, 0.1) is 5.41 Å². The summed E-state index contributed by atoms with van der Waals surface area (Å²) in [6.07, 6.45) is 0. The minimum absolute atomic E-state index is 0. The summed E-state index contributed by atoms with van der Waals surface area (Å²) in [6, 6.07) is 8.06. The van der Waals surface area contributed by atoms with E-state index in [4.69, 9.17) is 5.73 Å². The fraction of sp³-hybridized carbons (Fsp3) is 0.600. The largest absolute Gasteiger partial charge is 0.396 e. The SMILES string of the molecule is CC(C)(C)Sc1ccccc1[C@@H](N)C(C)(C)CO.Cl. The van der Waals surface area contributed by atoms with Crippen molar-refractivity contribution in [3.05, 3.63) is 29.8 Å². The first-order valence-corrected chi connectivity index (χ1v) is 7.13. The second-order valence-corrected chi connectivity index (χ2v) is 8.25. The molecule has 110 valence electrons. The Hall–Kier alpha value is -0.220. The lowest BCUT2D eigenvalue weighted by molar-refractivity contribution is 0.131. The van der Waals surface area contributed by atoms with Crippen molar-refractivity contribution in [3.63, 3.8) is 0 Å². The van der Waals surface area contributed by atoms with Crippen molar-refractivity contribution < 1.29 is 5.11 Å². The van der Waals surface area contributed by atoms with Crippen molar-refractivity contribution in [2.45, 2.75) is 50.3 Å². The zero-order chi connectivity index (χ0) is 14.0. The summed E-state index contributed by atoms with van der Waals surface area (Å²) in [5.41, 5.74) is 7.14. The average molecular weight is 304 g/mol.